The first-order valence-electron chi connectivity index (χ1n) is 13.0. The van der Waals surface area contributed by atoms with E-state index in [1.807, 2.05) is 23.7 Å². The zero-order valence-electron chi connectivity index (χ0n) is 21.7. The molecule has 3 aliphatic heterocycles. The van der Waals surface area contributed by atoms with Gasteiger partial charge < -0.3 is 9.30 Å². The third kappa shape index (κ3) is 4.96. The molecule has 1 amide bonds. The van der Waals surface area contributed by atoms with Gasteiger partial charge >= 0.3 is 6.18 Å². The van der Waals surface area contributed by atoms with Crippen LogP contribution in [0.4, 0.5) is 27.8 Å². The molecule has 0 saturated carbocycles. The fraction of sp³-hybridized carbons (Fsp3) is 0.481. The van der Waals surface area contributed by atoms with Gasteiger partial charge in [0.1, 0.15) is 23.7 Å². The van der Waals surface area contributed by atoms with Crippen LogP contribution >= 0.6 is 0 Å². The number of likely N-dealkylation sites (tertiary alicyclic amines) is 1. The summed E-state index contributed by atoms with van der Waals surface area (Å²) in [6, 6.07) is 7.76. The number of ether oxygens (including phenoxy) is 1. The van der Waals surface area contributed by atoms with E-state index < -0.39 is 35.7 Å². The van der Waals surface area contributed by atoms with E-state index in [1.54, 1.807) is 12.4 Å². The molecule has 0 N–H and O–H groups in total. The van der Waals surface area contributed by atoms with Crippen LogP contribution < -0.4 is 4.90 Å². The number of carbonyl (C=O) groups is 1. The Morgan fingerprint density at radius 2 is 1.93 bits per heavy atom. The fourth-order valence-corrected chi connectivity index (χ4v) is 5.69. The zero-order chi connectivity index (χ0) is 28.3. The predicted molar refractivity (Wildman–Crippen MR) is 133 cm³/mol. The van der Waals surface area contributed by atoms with Gasteiger partial charge in [-0.3, -0.25) is 14.6 Å². The largest absolute Gasteiger partial charge is 0.433 e. The summed E-state index contributed by atoms with van der Waals surface area (Å²) < 4.78 is 76.6. The van der Waals surface area contributed by atoms with E-state index >= 15 is 0 Å². The van der Waals surface area contributed by atoms with E-state index in [2.05, 4.69) is 15.2 Å². The van der Waals surface area contributed by atoms with Crippen LogP contribution in [0, 0.1) is 0 Å². The molecule has 0 unspecified atom stereocenters. The summed E-state index contributed by atoms with van der Waals surface area (Å²) in [6.07, 6.45) is -2.60. The molecule has 40 heavy (non-hydrogen) atoms. The molecule has 2 saturated heterocycles. The monoisotopic (exact) mass is 562 g/mol. The number of pyridine rings is 1. The number of piperidine rings is 1. The van der Waals surface area contributed by atoms with Crippen LogP contribution in [-0.2, 0) is 42.9 Å². The highest BCUT2D eigenvalue weighted by molar-refractivity contribution is 6.09. The maximum Gasteiger partial charge on any atom is 0.433 e. The third-order valence-corrected chi connectivity index (χ3v) is 7.90. The number of hydrogen-bond acceptors (Lipinski definition) is 6. The molecule has 3 aliphatic rings. The molecule has 6 rings (SSSR count). The van der Waals surface area contributed by atoms with Gasteiger partial charge in [0.25, 0.3) is 11.8 Å². The molecule has 0 bridgehead atoms. The second-order valence-electron chi connectivity index (χ2n) is 11.0. The minimum Gasteiger partial charge on any atom is -0.379 e. The van der Waals surface area contributed by atoms with Gasteiger partial charge in [0.05, 0.1) is 26.3 Å². The number of nitrogens with zero attached hydrogens (tertiary/aromatic N) is 6. The molecular weight excluding hydrogens is 535 g/mol. The number of hydrogen-bond donors (Lipinski definition) is 0. The third-order valence-electron chi connectivity index (χ3n) is 7.90. The molecule has 0 spiro atoms. The van der Waals surface area contributed by atoms with Crippen LogP contribution in [0.5, 0.6) is 0 Å². The molecule has 5 heterocycles. The lowest BCUT2D eigenvalue weighted by Gasteiger charge is -2.41. The van der Waals surface area contributed by atoms with Crippen molar-refractivity contribution in [2.24, 2.45) is 7.05 Å². The van der Waals surface area contributed by atoms with E-state index in [0.717, 1.165) is 17.5 Å². The number of fused-ring (bicyclic) bond motifs is 1. The highest BCUT2D eigenvalue weighted by Crippen LogP contribution is 2.39. The standard InChI is InChI=1S/C27H27F5N6O2/c1-36-16-33-35-23(36)10-25(14-40-15-25)19-4-3-18-12-38(24(39)20(18)9-19)22-8-17(7-21(34-22)27(30,31)32)11-37-6-2-5-26(28,29)13-37/h3-4,7-9,16H,2,5-6,10-15H2,1H3. The Kier molecular flexibility index (Phi) is 6.41. The molecule has 0 aliphatic carbocycles. The number of carbonyl (C=O) groups excluding carboxylic acids is 1. The second-order valence-corrected chi connectivity index (χ2v) is 11.0. The Morgan fingerprint density at radius 1 is 1.12 bits per heavy atom. The number of halogens is 5. The smallest absolute Gasteiger partial charge is 0.379 e. The van der Waals surface area contributed by atoms with Crippen molar-refractivity contribution in [3.63, 3.8) is 0 Å². The maximum atomic E-state index is 13.9. The van der Waals surface area contributed by atoms with Crippen LogP contribution in [-0.4, -0.2) is 62.8 Å². The molecule has 212 valence electrons. The van der Waals surface area contributed by atoms with Gasteiger partial charge in [-0.1, -0.05) is 12.1 Å². The van der Waals surface area contributed by atoms with E-state index in [0.29, 0.717) is 37.3 Å². The van der Waals surface area contributed by atoms with Gasteiger partial charge in [-0.2, -0.15) is 13.2 Å². The van der Waals surface area contributed by atoms with E-state index in [4.69, 9.17) is 4.74 Å². The minimum absolute atomic E-state index is 0.0523. The van der Waals surface area contributed by atoms with E-state index in [1.165, 1.54) is 15.9 Å². The molecule has 0 radical (unpaired) electrons. The Morgan fingerprint density at radius 3 is 2.58 bits per heavy atom. The van der Waals surface area contributed by atoms with Crippen LogP contribution in [0.15, 0.2) is 36.7 Å². The van der Waals surface area contributed by atoms with Gasteiger partial charge in [0, 0.05) is 37.4 Å². The number of aromatic nitrogens is 4. The number of aryl methyl sites for hydroxylation is 1. The SMILES string of the molecule is Cn1cnnc1CC1(c2ccc3c(c2)C(=O)N(c2cc(CN4CCCC(F)(F)C4)cc(C(F)(F)F)n2)C3)COC1. The summed E-state index contributed by atoms with van der Waals surface area (Å²) in [6.45, 7) is 0.651. The van der Waals surface area contributed by atoms with Crippen molar-refractivity contribution in [3.05, 3.63) is 70.4 Å². The average molecular weight is 563 g/mol. The first-order valence-corrected chi connectivity index (χ1v) is 13.0. The lowest BCUT2D eigenvalue weighted by molar-refractivity contribution is -0.141. The number of anilines is 1. The predicted octanol–water partition coefficient (Wildman–Crippen LogP) is 4.13. The van der Waals surface area contributed by atoms with Crippen molar-refractivity contribution in [1.82, 2.24) is 24.6 Å². The fourth-order valence-electron chi connectivity index (χ4n) is 5.69. The van der Waals surface area contributed by atoms with Crippen LogP contribution in [0.1, 0.15) is 51.4 Å². The summed E-state index contributed by atoms with van der Waals surface area (Å²) in [5.41, 5.74) is 0.537. The van der Waals surface area contributed by atoms with Crippen molar-refractivity contribution in [2.75, 3.05) is 31.2 Å². The summed E-state index contributed by atoms with van der Waals surface area (Å²) in [5.74, 6) is -2.74. The van der Waals surface area contributed by atoms with Crippen molar-refractivity contribution < 1.29 is 31.5 Å². The lowest BCUT2D eigenvalue weighted by atomic mass is 9.75. The first-order chi connectivity index (χ1) is 18.9. The Labute approximate surface area is 226 Å². The molecule has 8 nitrogen and oxygen atoms in total. The minimum atomic E-state index is -4.77. The van der Waals surface area contributed by atoms with Gasteiger partial charge in [-0.05, 0) is 47.9 Å². The first kappa shape index (κ1) is 26.8. The Hall–Kier alpha value is -3.45. The van der Waals surface area contributed by atoms with Gasteiger partial charge in [-0.25, -0.2) is 13.8 Å². The molecular formula is C27H27F5N6O2. The molecule has 0 atom stereocenters. The van der Waals surface area contributed by atoms with Gasteiger partial charge in [0.2, 0.25) is 0 Å². The maximum absolute atomic E-state index is 13.9. The van der Waals surface area contributed by atoms with Crippen LogP contribution in [0.2, 0.25) is 0 Å². The molecule has 3 aromatic rings. The molecule has 13 heteroatoms. The highest BCUT2D eigenvalue weighted by Gasteiger charge is 2.43. The second kappa shape index (κ2) is 9.58. The lowest BCUT2D eigenvalue weighted by Crippen LogP contribution is -2.49. The number of amides is 1. The van der Waals surface area contributed by atoms with E-state index in [9.17, 15) is 26.7 Å². The number of benzene rings is 1. The molecule has 1 aromatic carbocycles. The summed E-state index contributed by atoms with van der Waals surface area (Å²) >= 11 is 0. The molecule has 2 fully saturated rings. The average Bonchev–Trinajstić information content (AvgIpc) is 3.42. The summed E-state index contributed by atoms with van der Waals surface area (Å²) in [4.78, 5) is 20.0. The highest BCUT2D eigenvalue weighted by atomic mass is 19.4. The van der Waals surface area contributed by atoms with Gasteiger partial charge in [0.15, 0.2) is 0 Å². The summed E-state index contributed by atoms with van der Waals surface area (Å²) in [5, 5.41) is 8.10. The quantitative estimate of drug-likeness (QED) is 0.421. The normalized spacial score (nSPS) is 20.4. The van der Waals surface area contributed by atoms with Crippen molar-refractivity contribution >= 4 is 11.7 Å². The van der Waals surface area contributed by atoms with Gasteiger partial charge in [-0.15, -0.1) is 10.2 Å². The van der Waals surface area contributed by atoms with Crippen LogP contribution in [0.3, 0.4) is 0 Å². The van der Waals surface area contributed by atoms with Crippen LogP contribution in [0.25, 0.3) is 0 Å². The topological polar surface area (TPSA) is 76.4 Å². The molecule has 2 aromatic heterocycles. The van der Waals surface area contributed by atoms with E-state index in [-0.39, 0.29) is 37.3 Å². The Balaban J connectivity index is 1.29. The summed E-state index contributed by atoms with van der Waals surface area (Å²) in [7, 11) is 1.85. The number of alkyl halides is 5. The zero-order valence-corrected chi connectivity index (χ0v) is 21.7. The van der Waals surface area contributed by atoms with Crippen molar-refractivity contribution in [3.8, 4) is 0 Å². The van der Waals surface area contributed by atoms with Crippen molar-refractivity contribution in [1.29, 1.82) is 0 Å². The Bertz CT molecular complexity index is 1450. The van der Waals surface area contributed by atoms with Crippen molar-refractivity contribution in [2.45, 2.75) is 49.9 Å². The number of rotatable bonds is 6.